The number of carboxylic acids is 1. The first-order valence-electron chi connectivity index (χ1n) is 9.60. The van der Waals surface area contributed by atoms with Gasteiger partial charge in [0.05, 0.1) is 11.3 Å². The third kappa shape index (κ3) is 6.58. The molecule has 0 radical (unpaired) electrons. The lowest BCUT2D eigenvalue weighted by Gasteiger charge is -2.11. The van der Waals surface area contributed by atoms with E-state index >= 15 is 0 Å². The van der Waals surface area contributed by atoms with Crippen molar-refractivity contribution in [1.82, 2.24) is 0 Å². The third-order valence-electron chi connectivity index (χ3n) is 4.33. The Balaban J connectivity index is 1.70. The molecular formula is C25H20N2O4. The van der Waals surface area contributed by atoms with Crippen LogP contribution in [0.4, 0.5) is 11.4 Å². The van der Waals surface area contributed by atoms with Crippen LogP contribution in [0.1, 0.15) is 27.9 Å². The van der Waals surface area contributed by atoms with Crippen LogP contribution in [0.3, 0.4) is 0 Å². The Hall–Kier alpha value is -4.37. The van der Waals surface area contributed by atoms with Crippen LogP contribution in [0, 0.1) is 11.8 Å². The summed E-state index contributed by atoms with van der Waals surface area (Å²) in [4.78, 5) is 35.8. The molecule has 3 N–H and O–H groups in total. The number of rotatable bonds is 6. The molecule has 0 saturated heterocycles. The summed E-state index contributed by atoms with van der Waals surface area (Å²) in [6, 6.07) is 22.8. The van der Waals surface area contributed by atoms with E-state index in [-0.39, 0.29) is 12.0 Å². The first kappa shape index (κ1) is 21.3. The number of carbonyl (C=O) groups excluding carboxylic acids is 2. The van der Waals surface area contributed by atoms with Gasteiger partial charge in [-0.05, 0) is 48.4 Å². The van der Waals surface area contributed by atoms with Crippen molar-refractivity contribution in [3.63, 3.8) is 0 Å². The van der Waals surface area contributed by atoms with E-state index in [0.717, 1.165) is 5.56 Å². The molecule has 0 unspecified atom stereocenters. The van der Waals surface area contributed by atoms with Crippen molar-refractivity contribution in [1.29, 1.82) is 0 Å². The van der Waals surface area contributed by atoms with Gasteiger partial charge in [0.1, 0.15) is 0 Å². The van der Waals surface area contributed by atoms with E-state index in [0.29, 0.717) is 23.4 Å². The van der Waals surface area contributed by atoms with Crippen molar-refractivity contribution >= 4 is 29.2 Å². The van der Waals surface area contributed by atoms with Gasteiger partial charge in [-0.1, -0.05) is 48.4 Å². The molecule has 3 aromatic carbocycles. The third-order valence-corrected chi connectivity index (χ3v) is 4.33. The number of nitrogens with one attached hydrogen (secondary N) is 2. The van der Waals surface area contributed by atoms with Crippen LogP contribution in [0.25, 0.3) is 0 Å². The minimum absolute atomic E-state index is 0.0102. The normalized spacial score (nSPS) is 9.81. The van der Waals surface area contributed by atoms with Crippen LogP contribution < -0.4 is 10.6 Å². The Labute approximate surface area is 179 Å². The smallest absolute Gasteiger partial charge is 0.303 e. The second kappa shape index (κ2) is 10.4. The minimum atomic E-state index is -0.880. The Kier molecular flexibility index (Phi) is 7.17. The zero-order valence-corrected chi connectivity index (χ0v) is 16.6. The number of carboxylic acid groups (broad SMARTS) is 1. The average molecular weight is 412 g/mol. The molecule has 0 fully saturated rings. The largest absolute Gasteiger partial charge is 0.481 e. The van der Waals surface area contributed by atoms with Crippen LogP contribution in [0.2, 0.25) is 0 Å². The molecule has 0 aliphatic heterocycles. The Morgan fingerprint density at radius 2 is 1.58 bits per heavy atom. The standard InChI is InChI=1S/C25H20N2O4/c28-23(15-13-18-7-2-1-3-8-18)27-22-12-5-4-11-21(22)25(31)26-20-10-6-9-19(17-20)14-16-24(29)30/h1-12,17H,14,16H2,(H,26,31)(H,27,28)(H,29,30). The maximum atomic E-state index is 12.8. The highest BCUT2D eigenvalue weighted by atomic mass is 16.4. The predicted molar refractivity (Wildman–Crippen MR) is 119 cm³/mol. The van der Waals surface area contributed by atoms with E-state index in [1.807, 2.05) is 18.2 Å². The number of aryl methyl sites for hydroxylation is 1. The number of carbonyl (C=O) groups is 3. The van der Waals surface area contributed by atoms with Crippen LogP contribution in [-0.2, 0) is 16.0 Å². The Morgan fingerprint density at radius 3 is 2.35 bits per heavy atom. The van der Waals surface area contributed by atoms with E-state index < -0.39 is 17.8 Å². The molecule has 0 aliphatic rings. The summed E-state index contributed by atoms with van der Waals surface area (Å²) in [5.74, 6) is 3.48. The van der Waals surface area contributed by atoms with Crippen molar-refractivity contribution < 1.29 is 19.5 Å². The molecule has 0 bridgehead atoms. The fourth-order valence-corrected chi connectivity index (χ4v) is 2.85. The fourth-order valence-electron chi connectivity index (χ4n) is 2.85. The van der Waals surface area contributed by atoms with Gasteiger partial charge in [-0.25, -0.2) is 0 Å². The van der Waals surface area contributed by atoms with Crippen molar-refractivity contribution in [3.05, 3.63) is 95.6 Å². The maximum absolute atomic E-state index is 12.8. The zero-order valence-electron chi connectivity index (χ0n) is 16.6. The number of benzene rings is 3. The highest BCUT2D eigenvalue weighted by Crippen LogP contribution is 2.18. The SMILES string of the molecule is O=C(O)CCc1cccc(NC(=O)c2ccccc2NC(=O)C#Cc2ccccc2)c1. The van der Waals surface area contributed by atoms with Gasteiger partial charge in [-0.2, -0.15) is 0 Å². The summed E-state index contributed by atoms with van der Waals surface area (Å²) in [5.41, 5.74) is 2.69. The van der Waals surface area contributed by atoms with Gasteiger partial charge in [0.25, 0.3) is 5.91 Å². The van der Waals surface area contributed by atoms with Crippen LogP contribution in [-0.4, -0.2) is 22.9 Å². The summed E-state index contributed by atoms with van der Waals surface area (Å²) < 4.78 is 0. The lowest BCUT2D eigenvalue weighted by atomic mass is 10.1. The number of hydrogen-bond donors (Lipinski definition) is 3. The molecule has 6 nitrogen and oxygen atoms in total. The molecule has 6 heteroatoms. The molecule has 3 aromatic rings. The van der Waals surface area contributed by atoms with Gasteiger partial charge >= 0.3 is 11.9 Å². The quantitative estimate of drug-likeness (QED) is 0.534. The zero-order chi connectivity index (χ0) is 22.1. The van der Waals surface area contributed by atoms with Crippen LogP contribution in [0.15, 0.2) is 78.9 Å². The average Bonchev–Trinajstić information content (AvgIpc) is 2.77. The van der Waals surface area contributed by atoms with E-state index in [9.17, 15) is 14.4 Å². The van der Waals surface area contributed by atoms with Gasteiger partial charge in [-0.3, -0.25) is 14.4 Å². The summed E-state index contributed by atoms with van der Waals surface area (Å²) in [6.07, 6.45) is 0.377. The molecular weight excluding hydrogens is 392 g/mol. The van der Waals surface area contributed by atoms with E-state index in [2.05, 4.69) is 22.5 Å². The molecule has 0 aliphatic carbocycles. The summed E-state index contributed by atoms with van der Waals surface area (Å²) in [7, 11) is 0. The van der Waals surface area contributed by atoms with Crippen molar-refractivity contribution in [2.75, 3.05) is 10.6 Å². The number of amides is 2. The fraction of sp³-hybridized carbons (Fsp3) is 0.0800. The second-order valence-corrected chi connectivity index (χ2v) is 6.66. The molecule has 0 spiro atoms. The molecule has 3 rings (SSSR count). The topological polar surface area (TPSA) is 95.5 Å². The number of hydrogen-bond acceptors (Lipinski definition) is 3. The Morgan fingerprint density at radius 1 is 0.839 bits per heavy atom. The molecule has 2 amide bonds. The molecule has 0 heterocycles. The van der Waals surface area contributed by atoms with Gasteiger partial charge in [0, 0.05) is 23.6 Å². The van der Waals surface area contributed by atoms with Crippen molar-refractivity contribution in [2.24, 2.45) is 0 Å². The number of aliphatic carboxylic acids is 1. The molecule has 154 valence electrons. The number of anilines is 2. The first-order chi connectivity index (χ1) is 15.0. The van der Waals surface area contributed by atoms with Gasteiger partial charge in [0.2, 0.25) is 0 Å². The van der Waals surface area contributed by atoms with E-state index in [1.165, 1.54) is 0 Å². The second-order valence-electron chi connectivity index (χ2n) is 6.66. The summed E-state index contributed by atoms with van der Waals surface area (Å²) in [6.45, 7) is 0. The highest BCUT2D eigenvalue weighted by Gasteiger charge is 2.13. The maximum Gasteiger partial charge on any atom is 0.303 e. The number of para-hydroxylation sites is 1. The van der Waals surface area contributed by atoms with Crippen LogP contribution >= 0.6 is 0 Å². The first-order valence-corrected chi connectivity index (χ1v) is 9.60. The van der Waals surface area contributed by atoms with Gasteiger partial charge in [-0.15, -0.1) is 0 Å². The molecule has 31 heavy (non-hydrogen) atoms. The van der Waals surface area contributed by atoms with Gasteiger partial charge in [0.15, 0.2) is 0 Å². The van der Waals surface area contributed by atoms with E-state index in [1.54, 1.807) is 60.7 Å². The predicted octanol–water partition coefficient (Wildman–Crippen LogP) is 3.95. The lowest BCUT2D eigenvalue weighted by molar-refractivity contribution is -0.137. The Bertz CT molecular complexity index is 1160. The van der Waals surface area contributed by atoms with Crippen LogP contribution in [0.5, 0.6) is 0 Å². The molecule has 0 saturated carbocycles. The summed E-state index contributed by atoms with van der Waals surface area (Å²) in [5, 5.41) is 14.3. The highest BCUT2D eigenvalue weighted by molar-refractivity contribution is 6.12. The van der Waals surface area contributed by atoms with E-state index in [4.69, 9.17) is 5.11 Å². The monoisotopic (exact) mass is 412 g/mol. The molecule has 0 aromatic heterocycles. The summed E-state index contributed by atoms with van der Waals surface area (Å²) >= 11 is 0. The minimum Gasteiger partial charge on any atom is -0.481 e. The van der Waals surface area contributed by atoms with Crippen molar-refractivity contribution in [2.45, 2.75) is 12.8 Å². The van der Waals surface area contributed by atoms with Gasteiger partial charge < -0.3 is 15.7 Å². The van der Waals surface area contributed by atoms with Crippen molar-refractivity contribution in [3.8, 4) is 11.8 Å². The molecule has 0 atom stereocenters. The lowest BCUT2D eigenvalue weighted by Crippen LogP contribution is -2.17.